The highest BCUT2D eigenvalue weighted by atomic mass is 15.1. The molecule has 2 heterocycles. The molecule has 0 spiro atoms. The monoisotopic (exact) mass is 254 g/mol. The molecule has 1 aromatic carbocycles. The second-order valence-corrected chi connectivity index (χ2v) is 5.66. The maximum Gasteiger partial charge on any atom is 0.0705 e. The Morgan fingerprint density at radius 1 is 1.16 bits per heavy atom. The van der Waals surface area contributed by atoms with E-state index in [-0.39, 0.29) is 0 Å². The summed E-state index contributed by atoms with van der Waals surface area (Å²) in [5.74, 6) is 0. The summed E-state index contributed by atoms with van der Waals surface area (Å²) >= 11 is 0. The van der Waals surface area contributed by atoms with E-state index in [9.17, 15) is 0 Å². The molecule has 0 amide bonds. The number of aromatic nitrogens is 1. The molecule has 1 saturated heterocycles. The Balaban J connectivity index is 1.67. The molecule has 0 saturated carbocycles. The van der Waals surface area contributed by atoms with Gasteiger partial charge in [0.1, 0.15) is 0 Å². The minimum absolute atomic E-state index is 0.752. The molecule has 1 aliphatic rings. The number of nitrogens with zero attached hydrogens (tertiary/aromatic N) is 2. The first-order chi connectivity index (χ1) is 9.33. The first-order valence-corrected chi connectivity index (χ1v) is 7.38. The highest BCUT2D eigenvalue weighted by Crippen LogP contribution is 2.20. The maximum absolute atomic E-state index is 4.77. The number of pyridine rings is 1. The Bertz CT molecular complexity index is 550. The van der Waals surface area contributed by atoms with Gasteiger partial charge in [-0.15, -0.1) is 0 Å². The zero-order valence-electron chi connectivity index (χ0n) is 11.7. The van der Waals surface area contributed by atoms with E-state index in [1.54, 1.807) is 0 Å². The predicted molar refractivity (Wildman–Crippen MR) is 80.3 cm³/mol. The minimum Gasteiger partial charge on any atom is -0.303 e. The molecule has 1 unspecified atom stereocenters. The third-order valence-electron chi connectivity index (χ3n) is 4.31. The number of benzene rings is 1. The first kappa shape index (κ1) is 12.6. The van der Waals surface area contributed by atoms with Gasteiger partial charge in [-0.2, -0.15) is 0 Å². The lowest BCUT2D eigenvalue weighted by atomic mass is 9.97. The van der Waals surface area contributed by atoms with Crippen LogP contribution in [0.25, 0.3) is 10.9 Å². The number of hydrogen-bond acceptors (Lipinski definition) is 2. The zero-order chi connectivity index (χ0) is 13.1. The fraction of sp³-hybridized carbons (Fsp3) is 0.471. The van der Waals surface area contributed by atoms with Gasteiger partial charge in [-0.1, -0.05) is 30.7 Å². The molecule has 19 heavy (non-hydrogen) atoms. The van der Waals surface area contributed by atoms with Crippen LogP contribution < -0.4 is 0 Å². The van der Waals surface area contributed by atoms with Crippen LogP contribution in [0, 0.1) is 0 Å². The maximum atomic E-state index is 4.77. The fourth-order valence-electron chi connectivity index (χ4n) is 3.07. The van der Waals surface area contributed by atoms with Gasteiger partial charge in [-0.25, -0.2) is 0 Å². The van der Waals surface area contributed by atoms with Crippen LogP contribution in [0.2, 0.25) is 0 Å². The van der Waals surface area contributed by atoms with Gasteiger partial charge in [-0.05, 0) is 51.4 Å². The second kappa shape index (κ2) is 5.70. The Kier molecular flexibility index (Phi) is 3.79. The molecule has 100 valence electrons. The van der Waals surface area contributed by atoms with Gasteiger partial charge < -0.3 is 4.90 Å². The van der Waals surface area contributed by atoms with Crippen molar-refractivity contribution in [3.8, 4) is 0 Å². The number of hydrogen-bond donors (Lipinski definition) is 0. The molecule has 0 aliphatic carbocycles. The molecule has 2 nitrogen and oxygen atoms in total. The fourth-order valence-corrected chi connectivity index (χ4v) is 3.07. The normalized spacial score (nSPS) is 20.8. The van der Waals surface area contributed by atoms with Crippen LogP contribution >= 0.6 is 0 Å². The molecule has 2 heteroatoms. The molecular weight excluding hydrogens is 232 g/mol. The van der Waals surface area contributed by atoms with Crippen LogP contribution in [0.5, 0.6) is 0 Å². The van der Waals surface area contributed by atoms with Crippen molar-refractivity contribution in [1.82, 2.24) is 9.88 Å². The van der Waals surface area contributed by atoms with Crippen LogP contribution in [0.1, 0.15) is 31.4 Å². The molecule has 2 aromatic rings. The summed E-state index contributed by atoms with van der Waals surface area (Å²) in [7, 11) is 2.26. The van der Waals surface area contributed by atoms with Crippen LogP contribution in [0.15, 0.2) is 36.4 Å². The van der Waals surface area contributed by atoms with Crippen molar-refractivity contribution in [3.63, 3.8) is 0 Å². The van der Waals surface area contributed by atoms with Crippen molar-refractivity contribution in [1.29, 1.82) is 0 Å². The summed E-state index contributed by atoms with van der Waals surface area (Å²) < 4.78 is 0. The van der Waals surface area contributed by atoms with Crippen LogP contribution in [0.3, 0.4) is 0 Å². The Labute approximate surface area is 115 Å². The molecule has 1 fully saturated rings. The Morgan fingerprint density at radius 3 is 2.95 bits per heavy atom. The van der Waals surface area contributed by atoms with Gasteiger partial charge in [0.25, 0.3) is 0 Å². The lowest BCUT2D eigenvalue weighted by Gasteiger charge is -2.32. The lowest BCUT2D eigenvalue weighted by Crippen LogP contribution is -2.36. The average Bonchev–Trinajstić information content (AvgIpc) is 2.46. The zero-order valence-corrected chi connectivity index (χ0v) is 11.7. The highest BCUT2D eigenvalue weighted by molar-refractivity contribution is 5.78. The topological polar surface area (TPSA) is 16.1 Å². The van der Waals surface area contributed by atoms with Crippen molar-refractivity contribution in [3.05, 3.63) is 42.1 Å². The number of rotatable bonds is 3. The number of fused-ring (bicyclic) bond motifs is 1. The third-order valence-corrected chi connectivity index (χ3v) is 4.31. The van der Waals surface area contributed by atoms with Gasteiger partial charge in [0.15, 0.2) is 0 Å². The van der Waals surface area contributed by atoms with E-state index in [0.29, 0.717) is 0 Å². The summed E-state index contributed by atoms with van der Waals surface area (Å²) in [4.78, 5) is 7.28. The highest BCUT2D eigenvalue weighted by Gasteiger charge is 2.18. The van der Waals surface area contributed by atoms with Gasteiger partial charge in [-0.3, -0.25) is 4.98 Å². The van der Waals surface area contributed by atoms with Gasteiger partial charge in [0, 0.05) is 17.1 Å². The Hall–Kier alpha value is -1.41. The number of likely N-dealkylation sites (tertiary alicyclic amines) is 1. The molecule has 1 aromatic heterocycles. The molecule has 0 bridgehead atoms. The van der Waals surface area contributed by atoms with Crippen molar-refractivity contribution in [2.75, 3.05) is 13.6 Å². The molecule has 1 aliphatic heterocycles. The molecule has 3 rings (SSSR count). The predicted octanol–water partition coefficient (Wildman–Crippen LogP) is 3.65. The first-order valence-electron chi connectivity index (χ1n) is 7.38. The van der Waals surface area contributed by atoms with Crippen molar-refractivity contribution in [2.24, 2.45) is 0 Å². The van der Waals surface area contributed by atoms with E-state index >= 15 is 0 Å². The van der Waals surface area contributed by atoms with E-state index < -0.39 is 0 Å². The summed E-state index contributed by atoms with van der Waals surface area (Å²) in [6, 6.07) is 13.5. The number of para-hydroxylation sites is 1. The van der Waals surface area contributed by atoms with Crippen LogP contribution in [-0.2, 0) is 6.42 Å². The molecular formula is C17H22N2. The number of piperidine rings is 1. The largest absolute Gasteiger partial charge is 0.303 e. The summed E-state index contributed by atoms with van der Waals surface area (Å²) in [6.45, 7) is 1.26. The van der Waals surface area contributed by atoms with Crippen LogP contribution in [-0.4, -0.2) is 29.5 Å². The third kappa shape index (κ3) is 2.95. The molecule has 1 atom stereocenters. The minimum atomic E-state index is 0.752. The summed E-state index contributed by atoms with van der Waals surface area (Å²) in [6.07, 6.45) is 6.44. The van der Waals surface area contributed by atoms with Gasteiger partial charge in [0.2, 0.25) is 0 Å². The number of aryl methyl sites for hydroxylation is 1. The van der Waals surface area contributed by atoms with E-state index in [2.05, 4.69) is 48.3 Å². The van der Waals surface area contributed by atoms with E-state index in [4.69, 9.17) is 4.98 Å². The summed E-state index contributed by atoms with van der Waals surface area (Å²) in [5, 5.41) is 1.24. The van der Waals surface area contributed by atoms with Crippen molar-refractivity contribution in [2.45, 2.75) is 38.1 Å². The van der Waals surface area contributed by atoms with Crippen molar-refractivity contribution < 1.29 is 0 Å². The van der Waals surface area contributed by atoms with E-state index in [0.717, 1.165) is 18.0 Å². The quantitative estimate of drug-likeness (QED) is 0.831. The van der Waals surface area contributed by atoms with Crippen LogP contribution in [0.4, 0.5) is 0 Å². The average molecular weight is 254 g/mol. The smallest absolute Gasteiger partial charge is 0.0705 e. The Morgan fingerprint density at radius 2 is 2.05 bits per heavy atom. The van der Waals surface area contributed by atoms with Gasteiger partial charge in [0.05, 0.1) is 5.52 Å². The second-order valence-electron chi connectivity index (χ2n) is 5.66. The molecule has 0 radical (unpaired) electrons. The van der Waals surface area contributed by atoms with Crippen molar-refractivity contribution >= 4 is 10.9 Å². The van der Waals surface area contributed by atoms with E-state index in [1.165, 1.54) is 43.3 Å². The summed E-state index contributed by atoms with van der Waals surface area (Å²) in [5.41, 5.74) is 2.36. The van der Waals surface area contributed by atoms with Gasteiger partial charge >= 0.3 is 0 Å². The molecule has 0 N–H and O–H groups in total. The van der Waals surface area contributed by atoms with E-state index in [1.807, 2.05) is 0 Å². The standard InChI is InChI=1S/C17H22N2/c1-19-13-5-4-7-16(19)12-11-15-10-9-14-6-2-3-8-17(14)18-15/h2-3,6,8-10,16H,4-5,7,11-13H2,1H3. The SMILES string of the molecule is CN1CCCCC1CCc1ccc2ccccc2n1. The lowest BCUT2D eigenvalue weighted by molar-refractivity contribution is 0.176.